The van der Waals surface area contributed by atoms with E-state index in [1.54, 1.807) is 0 Å². The number of phenolic OH excluding ortho intramolecular Hbond substituents is 1. The van der Waals surface area contributed by atoms with E-state index in [0.717, 1.165) is 47.1 Å². The van der Waals surface area contributed by atoms with Gasteiger partial charge < -0.3 is 5.11 Å². The minimum Gasteiger partial charge on any atom is -0.508 e. The molecule has 2 aromatic carbocycles. The number of halogens is 7. The molecule has 4 aromatic rings. The molecule has 0 saturated carbocycles. The molecule has 4 nitrogen and oxygen atoms in total. The third-order valence-electron chi connectivity index (χ3n) is 4.47. The molecule has 0 unspecified atom stereocenters. The quantitative estimate of drug-likeness (QED) is 0.392. The topological polar surface area (TPSA) is 50.4 Å². The summed E-state index contributed by atoms with van der Waals surface area (Å²) in [6.45, 7) is 0. The standard InChI is InChI=1S/C20H10F7N3O/c21-14-7-12(31)4-5-13(14)17-18(20(25,26)27)29-16-8-28-15(9-30(16)17)10-2-1-3-11(6-10)19(22,23)24/h1-9,31H. The Labute approximate surface area is 169 Å². The number of aromatic hydroxyl groups is 1. The van der Waals surface area contributed by atoms with Crippen LogP contribution in [0.4, 0.5) is 30.7 Å². The summed E-state index contributed by atoms with van der Waals surface area (Å²) in [5.41, 5.74) is -3.90. The van der Waals surface area contributed by atoms with Crippen LogP contribution >= 0.6 is 0 Å². The molecule has 0 spiro atoms. The maximum absolute atomic E-state index is 14.4. The number of fused-ring (bicyclic) bond motifs is 1. The summed E-state index contributed by atoms with van der Waals surface area (Å²) in [5.74, 6) is -1.63. The average molecular weight is 441 g/mol. The van der Waals surface area contributed by atoms with Crippen LogP contribution in [-0.2, 0) is 12.4 Å². The van der Waals surface area contributed by atoms with Gasteiger partial charge in [-0.2, -0.15) is 26.3 Å². The summed E-state index contributed by atoms with van der Waals surface area (Å²) in [5, 5.41) is 9.38. The first-order chi connectivity index (χ1) is 14.4. The second kappa shape index (κ2) is 6.96. The van der Waals surface area contributed by atoms with Crippen LogP contribution in [0.3, 0.4) is 0 Å². The Morgan fingerprint density at radius 2 is 1.65 bits per heavy atom. The predicted molar refractivity (Wildman–Crippen MR) is 95.5 cm³/mol. The second-order valence-corrected chi connectivity index (χ2v) is 6.55. The van der Waals surface area contributed by atoms with Gasteiger partial charge in [0.2, 0.25) is 0 Å². The fourth-order valence-corrected chi connectivity index (χ4v) is 3.11. The molecule has 4 rings (SSSR count). The molecule has 160 valence electrons. The van der Waals surface area contributed by atoms with E-state index in [-0.39, 0.29) is 16.9 Å². The molecule has 11 heteroatoms. The van der Waals surface area contributed by atoms with Gasteiger partial charge in [0, 0.05) is 23.4 Å². The van der Waals surface area contributed by atoms with Gasteiger partial charge in [0.1, 0.15) is 11.6 Å². The first kappa shape index (κ1) is 20.6. The first-order valence-electron chi connectivity index (χ1n) is 8.57. The van der Waals surface area contributed by atoms with Crippen LogP contribution in [0.1, 0.15) is 11.3 Å². The zero-order chi connectivity index (χ0) is 22.6. The van der Waals surface area contributed by atoms with Crippen molar-refractivity contribution in [3.8, 4) is 28.3 Å². The largest absolute Gasteiger partial charge is 0.508 e. The lowest BCUT2D eigenvalue weighted by molar-refractivity contribution is -0.140. The highest BCUT2D eigenvalue weighted by Crippen LogP contribution is 2.39. The summed E-state index contributed by atoms with van der Waals surface area (Å²) in [4.78, 5) is 7.40. The zero-order valence-corrected chi connectivity index (χ0v) is 15.1. The predicted octanol–water partition coefficient (Wildman–Crippen LogP) is 5.95. The molecule has 2 heterocycles. The van der Waals surface area contributed by atoms with E-state index in [2.05, 4.69) is 9.97 Å². The lowest BCUT2D eigenvalue weighted by atomic mass is 10.1. The van der Waals surface area contributed by atoms with E-state index in [4.69, 9.17) is 0 Å². The van der Waals surface area contributed by atoms with Crippen molar-refractivity contribution in [2.24, 2.45) is 0 Å². The molecule has 0 saturated heterocycles. The Balaban J connectivity index is 1.98. The monoisotopic (exact) mass is 441 g/mol. The Kier molecular flexibility index (Phi) is 4.64. The minimum atomic E-state index is -4.96. The Hall–Kier alpha value is -3.63. The lowest BCUT2D eigenvalue weighted by Crippen LogP contribution is -2.08. The molecule has 0 aliphatic rings. The molecular weight excluding hydrogens is 431 g/mol. The van der Waals surface area contributed by atoms with Crippen molar-refractivity contribution < 1.29 is 35.8 Å². The van der Waals surface area contributed by atoms with Gasteiger partial charge in [-0.05, 0) is 24.3 Å². The fraction of sp³-hybridized carbons (Fsp3) is 0.100. The molecule has 1 N–H and O–H groups in total. The molecular formula is C20H10F7N3O. The van der Waals surface area contributed by atoms with Gasteiger partial charge in [0.25, 0.3) is 0 Å². The van der Waals surface area contributed by atoms with Crippen molar-refractivity contribution in [1.29, 1.82) is 0 Å². The third-order valence-corrected chi connectivity index (χ3v) is 4.47. The molecule has 0 atom stereocenters. The van der Waals surface area contributed by atoms with Crippen LogP contribution in [0.2, 0.25) is 0 Å². The summed E-state index contributed by atoms with van der Waals surface area (Å²) < 4.78 is 95.1. The number of hydrogen-bond acceptors (Lipinski definition) is 3. The maximum atomic E-state index is 14.4. The molecule has 0 radical (unpaired) electrons. The first-order valence-corrected chi connectivity index (χ1v) is 8.57. The van der Waals surface area contributed by atoms with Crippen molar-refractivity contribution in [3.63, 3.8) is 0 Å². The van der Waals surface area contributed by atoms with E-state index >= 15 is 0 Å². The van der Waals surface area contributed by atoms with Crippen molar-refractivity contribution >= 4 is 5.65 Å². The number of rotatable bonds is 2. The number of aromatic nitrogens is 3. The van der Waals surface area contributed by atoms with Gasteiger partial charge in [-0.25, -0.2) is 9.37 Å². The Bertz CT molecular complexity index is 1290. The summed E-state index contributed by atoms with van der Waals surface area (Å²) in [6, 6.07) is 6.70. The van der Waals surface area contributed by atoms with Crippen molar-refractivity contribution in [1.82, 2.24) is 14.4 Å². The number of alkyl halides is 6. The van der Waals surface area contributed by atoms with Crippen LogP contribution in [-0.4, -0.2) is 19.5 Å². The van der Waals surface area contributed by atoms with Gasteiger partial charge in [0.15, 0.2) is 11.3 Å². The van der Waals surface area contributed by atoms with Crippen LogP contribution in [0, 0.1) is 5.82 Å². The molecule has 0 fully saturated rings. The molecule has 31 heavy (non-hydrogen) atoms. The number of benzene rings is 2. The zero-order valence-electron chi connectivity index (χ0n) is 15.1. The van der Waals surface area contributed by atoms with Crippen LogP contribution in [0.5, 0.6) is 5.75 Å². The SMILES string of the molecule is Oc1ccc(-c2c(C(F)(F)F)nc3cnc(-c4cccc(C(F)(F)F)c4)cn23)c(F)c1. The second-order valence-electron chi connectivity index (χ2n) is 6.55. The maximum Gasteiger partial charge on any atom is 0.435 e. The van der Waals surface area contributed by atoms with Gasteiger partial charge in [-0.1, -0.05) is 12.1 Å². The Morgan fingerprint density at radius 3 is 2.29 bits per heavy atom. The number of imidazole rings is 1. The van der Waals surface area contributed by atoms with Crippen LogP contribution < -0.4 is 0 Å². The molecule has 0 amide bonds. The minimum absolute atomic E-state index is 0.00360. The third kappa shape index (κ3) is 3.78. The van der Waals surface area contributed by atoms with E-state index in [1.807, 2.05) is 0 Å². The summed E-state index contributed by atoms with van der Waals surface area (Å²) in [7, 11) is 0. The molecule has 2 aromatic heterocycles. The van der Waals surface area contributed by atoms with Gasteiger partial charge in [-0.3, -0.25) is 9.38 Å². The smallest absolute Gasteiger partial charge is 0.435 e. The number of phenols is 1. The fourth-order valence-electron chi connectivity index (χ4n) is 3.11. The lowest BCUT2D eigenvalue weighted by Gasteiger charge is -2.11. The highest BCUT2D eigenvalue weighted by Gasteiger charge is 2.39. The van der Waals surface area contributed by atoms with Crippen molar-refractivity contribution in [2.45, 2.75) is 12.4 Å². The molecule has 0 bridgehead atoms. The van der Waals surface area contributed by atoms with E-state index in [9.17, 15) is 35.8 Å². The highest BCUT2D eigenvalue weighted by molar-refractivity contribution is 5.71. The molecule has 0 aliphatic carbocycles. The number of nitrogens with zero attached hydrogens (tertiary/aromatic N) is 3. The highest BCUT2D eigenvalue weighted by atomic mass is 19.4. The Morgan fingerprint density at radius 1 is 0.903 bits per heavy atom. The summed E-state index contributed by atoms with van der Waals surface area (Å²) in [6.07, 6.45) is -7.58. The van der Waals surface area contributed by atoms with Crippen LogP contribution in [0.25, 0.3) is 28.2 Å². The van der Waals surface area contributed by atoms with Crippen molar-refractivity contribution in [3.05, 3.63) is 71.9 Å². The van der Waals surface area contributed by atoms with Crippen LogP contribution in [0.15, 0.2) is 54.9 Å². The molecule has 0 aliphatic heterocycles. The van der Waals surface area contributed by atoms with Crippen molar-refractivity contribution in [2.75, 3.05) is 0 Å². The normalized spacial score (nSPS) is 12.5. The number of hydrogen-bond donors (Lipinski definition) is 1. The van der Waals surface area contributed by atoms with E-state index < -0.39 is 46.4 Å². The van der Waals surface area contributed by atoms with Gasteiger partial charge in [-0.15, -0.1) is 0 Å². The average Bonchev–Trinajstić information content (AvgIpc) is 3.06. The summed E-state index contributed by atoms with van der Waals surface area (Å²) >= 11 is 0. The van der Waals surface area contributed by atoms with E-state index in [1.165, 1.54) is 6.07 Å². The van der Waals surface area contributed by atoms with Gasteiger partial charge >= 0.3 is 12.4 Å². The van der Waals surface area contributed by atoms with Gasteiger partial charge in [0.05, 0.1) is 23.1 Å². The van der Waals surface area contributed by atoms with E-state index in [0.29, 0.717) is 6.07 Å².